The standard InChI is InChI=1S/C13H17NO5S/c1-10-2-4-12(5-3-10)20(17,18)19-11-6-7-14(8-11)9-13(15)16/h2-5,11H,6-9H2,1H3,(H,15,16)/t11-/m0/s1. The molecule has 0 saturated carbocycles. The minimum Gasteiger partial charge on any atom is -0.480 e. The van der Waals surface area contributed by atoms with Crippen molar-refractivity contribution in [3.63, 3.8) is 0 Å². The number of aryl methyl sites for hydroxylation is 1. The van der Waals surface area contributed by atoms with Crippen LogP contribution in [-0.4, -0.2) is 50.1 Å². The van der Waals surface area contributed by atoms with Gasteiger partial charge in [0.1, 0.15) is 0 Å². The number of hydrogen-bond acceptors (Lipinski definition) is 5. The average Bonchev–Trinajstić information content (AvgIpc) is 2.75. The first-order valence-electron chi connectivity index (χ1n) is 6.31. The molecule has 0 amide bonds. The summed E-state index contributed by atoms with van der Waals surface area (Å²) in [6, 6.07) is 6.44. The predicted octanol–water partition coefficient (Wildman–Crippen LogP) is 0.859. The monoisotopic (exact) mass is 299 g/mol. The molecule has 110 valence electrons. The van der Waals surface area contributed by atoms with Crippen LogP contribution in [0.3, 0.4) is 0 Å². The van der Waals surface area contributed by atoms with Crippen molar-refractivity contribution >= 4 is 16.1 Å². The fourth-order valence-corrected chi connectivity index (χ4v) is 3.25. The van der Waals surface area contributed by atoms with E-state index in [-0.39, 0.29) is 11.4 Å². The SMILES string of the molecule is Cc1ccc(S(=O)(=O)O[C@H]2CCN(CC(=O)O)C2)cc1. The van der Waals surface area contributed by atoms with Crippen LogP contribution in [0, 0.1) is 6.92 Å². The van der Waals surface area contributed by atoms with Crippen molar-refractivity contribution in [1.29, 1.82) is 0 Å². The molecule has 0 radical (unpaired) electrons. The zero-order valence-corrected chi connectivity index (χ0v) is 12.0. The van der Waals surface area contributed by atoms with Gasteiger partial charge in [0, 0.05) is 13.1 Å². The maximum Gasteiger partial charge on any atom is 0.317 e. The Labute approximate surface area is 118 Å². The maximum absolute atomic E-state index is 12.1. The number of carbonyl (C=O) groups is 1. The number of carboxylic acids is 1. The zero-order chi connectivity index (χ0) is 14.8. The van der Waals surface area contributed by atoms with Gasteiger partial charge >= 0.3 is 5.97 Å². The van der Waals surface area contributed by atoms with E-state index in [1.807, 2.05) is 6.92 Å². The topological polar surface area (TPSA) is 83.9 Å². The Morgan fingerprint density at radius 3 is 2.65 bits per heavy atom. The third-order valence-corrected chi connectivity index (χ3v) is 4.54. The Bertz CT molecular complexity index is 581. The zero-order valence-electron chi connectivity index (χ0n) is 11.2. The van der Waals surface area contributed by atoms with E-state index in [4.69, 9.17) is 9.29 Å². The van der Waals surface area contributed by atoms with E-state index in [1.165, 1.54) is 12.1 Å². The summed E-state index contributed by atoms with van der Waals surface area (Å²) in [4.78, 5) is 12.4. The highest BCUT2D eigenvalue weighted by Crippen LogP contribution is 2.20. The van der Waals surface area contributed by atoms with Gasteiger partial charge in [0.15, 0.2) is 0 Å². The molecule has 20 heavy (non-hydrogen) atoms. The Morgan fingerprint density at radius 1 is 1.40 bits per heavy atom. The van der Waals surface area contributed by atoms with Crippen LogP contribution in [0.15, 0.2) is 29.2 Å². The lowest BCUT2D eigenvalue weighted by Crippen LogP contribution is -2.29. The summed E-state index contributed by atoms with van der Waals surface area (Å²) >= 11 is 0. The van der Waals surface area contributed by atoms with Crippen LogP contribution < -0.4 is 0 Å². The lowest BCUT2D eigenvalue weighted by Gasteiger charge is -2.14. The summed E-state index contributed by atoms with van der Waals surface area (Å²) < 4.78 is 29.3. The maximum atomic E-state index is 12.1. The minimum absolute atomic E-state index is 0.0928. The number of aliphatic carboxylic acids is 1. The third-order valence-electron chi connectivity index (χ3n) is 3.16. The van der Waals surface area contributed by atoms with Crippen LogP contribution in [0.1, 0.15) is 12.0 Å². The van der Waals surface area contributed by atoms with Crippen LogP contribution in [0.4, 0.5) is 0 Å². The number of nitrogens with zero attached hydrogens (tertiary/aromatic N) is 1. The van der Waals surface area contributed by atoms with Gasteiger partial charge < -0.3 is 5.11 Å². The van der Waals surface area contributed by atoms with E-state index >= 15 is 0 Å². The molecule has 1 aromatic rings. The van der Waals surface area contributed by atoms with Gasteiger partial charge in [-0.25, -0.2) is 0 Å². The summed E-state index contributed by atoms with van der Waals surface area (Å²) in [5.74, 6) is -0.924. The molecule has 1 fully saturated rings. The van der Waals surface area contributed by atoms with E-state index in [1.54, 1.807) is 17.0 Å². The van der Waals surface area contributed by atoms with Crippen molar-refractivity contribution in [2.75, 3.05) is 19.6 Å². The Morgan fingerprint density at radius 2 is 2.05 bits per heavy atom. The molecule has 1 aromatic carbocycles. The summed E-state index contributed by atoms with van der Waals surface area (Å²) in [6.45, 7) is 2.63. The molecule has 0 unspecified atom stereocenters. The van der Waals surface area contributed by atoms with Crippen LogP contribution in [-0.2, 0) is 19.1 Å². The van der Waals surface area contributed by atoms with Crippen LogP contribution in [0.5, 0.6) is 0 Å². The summed E-state index contributed by atoms with van der Waals surface area (Å²) in [6.07, 6.45) is 0.0268. The van der Waals surface area contributed by atoms with Crippen molar-refractivity contribution in [2.24, 2.45) is 0 Å². The normalized spacial score (nSPS) is 20.1. The van der Waals surface area contributed by atoms with Gasteiger partial charge in [-0.3, -0.25) is 13.9 Å². The number of likely N-dealkylation sites (tertiary alicyclic amines) is 1. The number of hydrogen-bond donors (Lipinski definition) is 1. The molecule has 1 saturated heterocycles. The van der Waals surface area contributed by atoms with Crippen molar-refractivity contribution in [3.8, 4) is 0 Å². The van der Waals surface area contributed by atoms with Crippen molar-refractivity contribution in [3.05, 3.63) is 29.8 Å². The molecule has 0 bridgehead atoms. The van der Waals surface area contributed by atoms with Crippen LogP contribution >= 0.6 is 0 Å². The molecule has 0 aliphatic carbocycles. The summed E-state index contributed by atoms with van der Waals surface area (Å²) in [7, 11) is -3.79. The van der Waals surface area contributed by atoms with Crippen molar-refractivity contribution in [2.45, 2.75) is 24.3 Å². The van der Waals surface area contributed by atoms with Gasteiger partial charge in [0.05, 0.1) is 17.5 Å². The highest BCUT2D eigenvalue weighted by Gasteiger charge is 2.29. The molecule has 0 spiro atoms. The molecule has 6 nitrogen and oxygen atoms in total. The lowest BCUT2D eigenvalue weighted by atomic mass is 10.2. The van der Waals surface area contributed by atoms with Gasteiger partial charge in [-0.2, -0.15) is 8.42 Å². The first-order valence-corrected chi connectivity index (χ1v) is 7.72. The fourth-order valence-electron chi connectivity index (χ4n) is 2.15. The second-order valence-corrected chi connectivity index (χ2v) is 6.48. The van der Waals surface area contributed by atoms with Crippen LogP contribution in [0.2, 0.25) is 0 Å². The molecule has 0 aromatic heterocycles. The highest BCUT2D eigenvalue weighted by atomic mass is 32.2. The van der Waals surface area contributed by atoms with Crippen LogP contribution in [0.25, 0.3) is 0 Å². The van der Waals surface area contributed by atoms with E-state index < -0.39 is 22.2 Å². The van der Waals surface area contributed by atoms with Gasteiger partial charge in [0.25, 0.3) is 10.1 Å². The summed E-state index contributed by atoms with van der Waals surface area (Å²) in [5, 5.41) is 8.70. The molecule has 2 rings (SSSR count). The predicted molar refractivity (Wildman–Crippen MR) is 71.9 cm³/mol. The quantitative estimate of drug-likeness (QED) is 0.812. The average molecular weight is 299 g/mol. The molecular weight excluding hydrogens is 282 g/mol. The first kappa shape index (κ1) is 15.0. The molecule has 7 heteroatoms. The fraction of sp³-hybridized carbons (Fsp3) is 0.462. The number of benzene rings is 1. The molecule has 1 heterocycles. The molecule has 1 aliphatic heterocycles. The highest BCUT2D eigenvalue weighted by molar-refractivity contribution is 7.86. The lowest BCUT2D eigenvalue weighted by molar-refractivity contribution is -0.138. The van der Waals surface area contributed by atoms with E-state index in [0.717, 1.165) is 5.56 Å². The Kier molecular flexibility index (Phi) is 4.42. The second kappa shape index (κ2) is 5.90. The van der Waals surface area contributed by atoms with E-state index in [0.29, 0.717) is 19.5 Å². The Hall–Kier alpha value is -1.44. The first-order chi connectivity index (χ1) is 9.37. The molecule has 1 N–H and O–H groups in total. The van der Waals surface area contributed by atoms with Gasteiger partial charge in [-0.1, -0.05) is 17.7 Å². The second-order valence-electron chi connectivity index (χ2n) is 4.90. The van der Waals surface area contributed by atoms with E-state index in [9.17, 15) is 13.2 Å². The number of carboxylic acid groups (broad SMARTS) is 1. The summed E-state index contributed by atoms with van der Waals surface area (Å²) in [5.41, 5.74) is 0.970. The smallest absolute Gasteiger partial charge is 0.317 e. The van der Waals surface area contributed by atoms with Gasteiger partial charge in [-0.05, 0) is 25.5 Å². The van der Waals surface area contributed by atoms with Gasteiger partial charge in [0.2, 0.25) is 0 Å². The molecular formula is C13H17NO5S. The van der Waals surface area contributed by atoms with Crippen molar-refractivity contribution in [1.82, 2.24) is 4.90 Å². The minimum atomic E-state index is -3.79. The van der Waals surface area contributed by atoms with E-state index in [2.05, 4.69) is 0 Å². The number of rotatable bonds is 5. The third kappa shape index (κ3) is 3.78. The molecule has 1 aliphatic rings. The Balaban J connectivity index is 1.99. The van der Waals surface area contributed by atoms with Gasteiger partial charge in [-0.15, -0.1) is 0 Å². The molecule has 1 atom stereocenters. The van der Waals surface area contributed by atoms with Crippen molar-refractivity contribution < 1.29 is 22.5 Å². The largest absolute Gasteiger partial charge is 0.480 e.